The largest absolute Gasteiger partial charge is 0.486 e. The fraction of sp³-hybridized carbons (Fsp3) is 0.188. The van der Waals surface area contributed by atoms with Gasteiger partial charge in [-0.2, -0.15) is 0 Å². The fourth-order valence-corrected chi connectivity index (χ4v) is 2.51. The number of hydrogen-bond donors (Lipinski definition) is 1. The molecule has 0 atom stereocenters. The van der Waals surface area contributed by atoms with E-state index in [1.165, 1.54) is 0 Å². The molecule has 4 nitrogen and oxygen atoms in total. The molecule has 0 fully saturated rings. The van der Waals surface area contributed by atoms with Crippen LogP contribution in [0.25, 0.3) is 0 Å². The van der Waals surface area contributed by atoms with Crippen LogP contribution < -0.4 is 14.8 Å². The van der Waals surface area contributed by atoms with E-state index >= 15 is 0 Å². The molecule has 2 aromatic rings. The number of rotatable bonds is 3. The fourth-order valence-electron chi connectivity index (χ4n) is 2.11. The van der Waals surface area contributed by atoms with Crippen molar-refractivity contribution in [2.75, 3.05) is 13.2 Å². The number of fused-ring (bicyclic) bond motifs is 1. The molecule has 1 aliphatic heterocycles. The van der Waals surface area contributed by atoms with E-state index in [4.69, 9.17) is 9.47 Å². The van der Waals surface area contributed by atoms with Crippen LogP contribution in [0.4, 0.5) is 0 Å². The zero-order chi connectivity index (χ0) is 14.7. The van der Waals surface area contributed by atoms with E-state index in [-0.39, 0.29) is 5.91 Å². The van der Waals surface area contributed by atoms with E-state index in [0.29, 0.717) is 25.3 Å². The molecule has 0 saturated heterocycles. The third kappa shape index (κ3) is 3.36. The zero-order valence-corrected chi connectivity index (χ0v) is 12.9. The molecule has 5 heteroatoms. The predicted octanol–water partition coefficient (Wildman–Crippen LogP) is 3.15. The quantitative estimate of drug-likeness (QED) is 0.927. The van der Waals surface area contributed by atoms with Crippen molar-refractivity contribution in [1.29, 1.82) is 0 Å². The summed E-state index contributed by atoms with van der Waals surface area (Å²) in [6, 6.07) is 13.0. The minimum atomic E-state index is -0.105. The van der Waals surface area contributed by atoms with Crippen molar-refractivity contribution in [1.82, 2.24) is 5.32 Å². The summed E-state index contributed by atoms with van der Waals surface area (Å²) in [6.45, 7) is 1.58. The van der Waals surface area contributed by atoms with Crippen LogP contribution in [-0.4, -0.2) is 19.1 Å². The van der Waals surface area contributed by atoms with Gasteiger partial charge in [-0.15, -0.1) is 0 Å². The normalized spacial score (nSPS) is 12.8. The topological polar surface area (TPSA) is 47.6 Å². The first-order valence-electron chi connectivity index (χ1n) is 6.65. The van der Waals surface area contributed by atoms with Crippen LogP contribution in [0.1, 0.15) is 15.9 Å². The maximum Gasteiger partial charge on any atom is 0.251 e. The second kappa shape index (κ2) is 6.18. The van der Waals surface area contributed by atoms with E-state index in [9.17, 15) is 4.79 Å². The SMILES string of the molecule is O=C(NCc1ccc2c(c1)OCCO2)c1cccc(Br)c1. The van der Waals surface area contributed by atoms with E-state index in [1.807, 2.05) is 30.3 Å². The lowest BCUT2D eigenvalue weighted by molar-refractivity contribution is 0.0950. The molecule has 1 heterocycles. The zero-order valence-electron chi connectivity index (χ0n) is 11.3. The average molecular weight is 348 g/mol. The highest BCUT2D eigenvalue weighted by atomic mass is 79.9. The Morgan fingerprint density at radius 1 is 1.10 bits per heavy atom. The Labute approximate surface area is 131 Å². The molecule has 0 bridgehead atoms. The lowest BCUT2D eigenvalue weighted by atomic mass is 10.1. The molecule has 0 aliphatic carbocycles. The standard InChI is InChI=1S/C16H14BrNO3/c17-13-3-1-2-12(9-13)16(19)18-10-11-4-5-14-15(8-11)21-7-6-20-14/h1-5,8-9H,6-7,10H2,(H,18,19). The van der Waals surface area contributed by atoms with Crippen molar-refractivity contribution in [2.24, 2.45) is 0 Å². The number of hydrogen-bond acceptors (Lipinski definition) is 3. The van der Waals surface area contributed by atoms with Gasteiger partial charge in [-0.3, -0.25) is 4.79 Å². The number of halogens is 1. The Kier molecular flexibility index (Phi) is 4.10. The van der Waals surface area contributed by atoms with Gasteiger partial charge in [0.2, 0.25) is 0 Å². The lowest BCUT2D eigenvalue weighted by Crippen LogP contribution is -2.23. The number of ether oxygens (including phenoxy) is 2. The van der Waals surface area contributed by atoms with Gasteiger partial charge < -0.3 is 14.8 Å². The molecular formula is C16H14BrNO3. The first-order valence-corrected chi connectivity index (χ1v) is 7.44. The Bertz CT molecular complexity index is 672. The Morgan fingerprint density at radius 3 is 2.71 bits per heavy atom. The van der Waals surface area contributed by atoms with Crippen molar-refractivity contribution in [2.45, 2.75) is 6.54 Å². The molecule has 0 unspecified atom stereocenters. The van der Waals surface area contributed by atoms with E-state index in [1.54, 1.807) is 12.1 Å². The Morgan fingerprint density at radius 2 is 1.90 bits per heavy atom. The summed E-state index contributed by atoms with van der Waals surface area (Å²) in [5.74, 6) is 1.38. The summed E-state index contributed by atoms with van der Waals surface area (Å²) in [5, 5.41) is 2.89. The van der Waals surface area contributed by atoms with Gasteiger partial charge in [0.1, 0.15) is 13.2 Å². The number of nitrogens with one attached hydrogen (secondary N) is 1. The van der Waals surface area contributed by atoms with Crippen LogP contribution in [0.15, 0.2) is 46.9 Å². The lowest BCUT2D eigenvalue weighted by Gasteiger charge is -2.19. The van der Waals surface area contributed by atoms with Crippen LogP contribution in [-0.2, 0) is 6.54 Å². The van der Waals surface area contributed by atoms with Crippen LogP contribution in [0.5, 0.6) is 11.5 Å². The summed E-state index contributed by atoms with van der Waals surface area (Å²) < 4.78 is 11.9. The molecule has 3 rings (SSSR count). The van der Waals surface area contributed by atoms with Crippen molar-refractivity contribution >= 4 is 21.8 Å². The van der Waals surface area contributed by atoms with Crippen molar-refractivity contribution in [3.63, 3.8) is 0 Å². The molecule has 21 heavy (non-hydrogen) atoms. The summed E-state index contributed by atoms with van der Waals surface area (Å²) >= 11 is 3.36. The van der Waals surface area contributed by atoms with Crippen molar-refractivity contribution in [3.05, 3.63) is 58.1 Å². The number of carbonyl (C=O) groups excluding carboxylic acids is 1. The van der Waals surface area contributed by atoms with Gasteiger partial charge in [-0.1, -0.05) is 28.1 Å². The van der Waals surface area contributed by atoms with Crippen LogP contribution in [0.2, 0.25) is 0 Å². The first-order chi connectivity index (χ1) is 10.2. The van der Waals surface area contributed by atoms with Crippen molar-refractivity contribution in [3.8, 4) is 11.5 Å². The van der Waals surface area contributed by atoms with Crippen LogP contribution >= 0.6 is 15.9 Å². The molecule has 1 amide bonds. The molecule has 0 aromatic heterocycles. The molecule has 2 aromatic carbocycles. The van der Waals surface area contributed by atoms with Crippen LogP contribution in [0.3, 0.4) is 0 Å². The monoisotopic (exact) mass is 347 g/mol. The van der Waals surface area contributed by atoms with Gasteiger partial charge in [-0.25, -0.2) is 0 Å². The van der Waals surface area contributed by atoms with Crippen LogP contribution in [0, 0.1) is 0 Å². The molecule has 0 saturated carbocycles. The number of amides is 1. The summed E-state index contributed by atoms with van der Waals surface area (Å²) in [5.41, 5.74) is 1.60. The smallest absolute Gasteiger partial charge is 0.251 e. The maximum absolute atomic E-state index is 12.1. The minimum absolute atomic E-state index is 0.105. The summed E-state index contributed by atoms with van der Waals surface area (Å²) in [4.78, 5) is 12.1. The molecule has 108 valence electrons. The van der Waals surface area contributed by atoms with Gasteiger partial charge in [0.15, 0.2) is 11.5 Å². The second-order valence-electron chi connectivity index (χ2n) is 4.67. The summed E-state index contributed by atoms with van der Waals surface area (Å²) in [6.07, 6.45) is 0. The molecule has 0 spiro atoms. The second-order valence-corrected chi connectivity index (χ2v) is 5.59. The Balaban J connectivity index is 1.66. The highest BCUT2D eigenvalue weighted by Crippen LogP contribution is 2.30. The van der Waals surface area contributed by atoms with Gasteiger partial charge in [0, 0.05) is 16.6 Å². The minimum Gasteiger partial charge on any atom is -0.486 e. The Hall–Kier alpha value is -2.01. The van der Waals surface area contributed by atoms with Gasteiger partial charge in [0.05, 0.1) is 0 Å². The molecule has 1 aliphatic rings. The van der Waals surface area contributed by atoms with E-state index < -0.39 is 0 Å². The first kappa shape index (κ1) is 13.9. The van der Waals surface area contributed by atoms with Gasteiger partial charge in [-0.05, 0) is 35.9 Å². The third-order valence-electron chi connectivity index (χ3n) is 3.15. The maximum atomic E-state index is 12.1. The third-order valence-corrected chi connectivity index (χ3v) is 3.64. The van der Waals surface area contributed by atoms with E-state index in [0.717, 1.165) is 21.5 Å². The average Bonchev–Trinajstić information content (AvgIpc) is 2.52. The molecule has 1 N–H and O–H groups in total. The summed E-state index contributed by atoms with van der Waals surface area (Å²) in [7, 11) is 0. The predicted molar refractivity (Wildman–Crippen MR) is 82.7 cm³/mol. The number of benzene rings is 2. The highest BCUT2D eigenvalue weighted by Gasteiger charge is 2.12. The molecular weight excluding hydrogens is 334 g/mol. The number of carbonyl (C=O) groups is 1. The van der Waals surface area contributed by atoms with Gasteiger partial charge >= 0.3 is 0 Å². The highest BCUT2D eigenvalue weighted by molar-refractivity contribution is 9.10. The van der Waals surface area contributed by atoms with E-state index in [2.05, 4.69) is 21.2 Å². The van der Waals surface area contributed by atoms with Gasteiger partial charge in [0.25, 0.3) is 5.91 Å². The molecule has 0 radical (unpaired) electrons. The van der Waals surface area contributed by atoms with Crippen molar-refractivity contribution < 1.29 is 14.3 Å².